The molecule has 0 aromatic rings. The first-order valence-electron chi connectivity index (χ1n) is 23.3. The largest absolute Gasteiger partial charge is 0.117 e. The average Bonchev–Trinajstić information content (AvgIpc) is 4.02. The molecule has 0 aromatic heterocycles. The summed E-state index contributed by atoms with van der Waals surface area (Å²) in [5.74, 6) is 5.11. The molecule has 0 radical (unpaired) electrons. The topological polar surface area (TPSA) is 0 Å². The molecule has 0 aliphatic carbocycles. The van der Waals surface area contributed by atoms with Crippen molar-refractivity contribution in [3.8, 4) is 0 Å². The van der Waals surface area contributed by atoms with E-state index >= 15 is 0 Å². The molecule has 0 aromatic carbocycles. The molecule has 0 N–H and O–H groups in total. The minimum absolute atomic E-state index is 1.28. The fraction of sp³-hybridized carbons (Fsp3) is 0.783. The van der Waals surface area contributed by atoms with Crippen LogP contribution in [-0.2, 0) is 0 Å². The normalized spacial score (nSPS) is 17.2. The van der Waals surface area contributed by atoms with Gasteiger partial charge in [0.05, 0.1) is 42.4 Å². The van der Waals surface area contributed by atoms with Gasteiger partial charge in [-0.1, -0.05) is 276 Å². The van der Waals surface area contributed by atoms with Gasteiger partial charge in [-0.2, -0.15) is 0 Å². The van der Waals surface area contributed by atoms with E-state index in [2.05, 4.69) is 169 Å². The SMILES string of the molecule is CCCCCCCCCSC1=C(SCCCCCCCCC)SC(=C2SC3=C(S2)SC(=C2SC(SCCCCCCCCC)=C(SCCCCCCCCC)S2)S3)S1. The van der Waals surface area contributed by atoms with E-state index in [0.717, 1.165) is 0 Å². The summed E-state index contributed by atoms with van der Waals surface area (Å²) < 4.78 is 15.7. The Bertz CT molecular complexity index is 1130. The Morgan fingerprint density at radius 1 is 0.224 bits per heavy atom. The molecule has 0 saturated carbocycles. The van der Waals surface area contributed by atoms with Gasteiger partial charge in [0.1, 0.15) is 0 Å². The van der Waals surface area contributed by atoms with Crippen molar-refractivity contribution in [1.82, 2.24) is 0 Å². The van der Waals surface area contributed by atoms with Crippen LogP contribution in [0.15, 0.2) is 42.4 Å². The van der Waals surface area contributed by atoms with Crippen LogP contribution in [-0.4, -0.2) is 23.0 Å². The van der Waals surface area contributed by atoms with Crippen molar-refractivity contribution in [2.45, 2.75) is 207 Å². The predicted molar refractivity (Wildman–Crippen MR) is 298 cm³/mol. The maximum atomic E-state index is 2.32. The second kappa shape index (κ2) is 35.1. The third-order valence-corrected chi connectivity index (χ3v) is 28.3. The number of rotatable bonds is 36. The van der Waals surface area contributed by atoms with E-state index in [1.807, 2.05) is 0 Å². The van der Waals surface area contributed by atoms with Crippen LogP contribution in [0, 0.1) is 0 Å². The number of hydrogen-bond acceptors (Lipinski definition) is 12. The minimum Gasteiger partial charge on any atom is -0.117 e. The van der Waals surface area contributed by atoms with Crippen LogP contribution in [0.25, 0.3) is 0 Å². The standard InChI is InChI=1S/C46H76S12/c1-5-9-13-17-21-25-29-33-47-37-38(48-34-30-26-22-18-14-10-6-2)52-41(51-37)43-55-45-46(56-43)58-44(57-45)42-53-39(49-35-31-27-23-19-15-11-7-3)40(54-42)50-36-32-28-24-20-16-12-8-4/h5-36H2,1-4H3. The molecular formula is C46H76S12. The van der Waals surface area contributed by atoms with Crippen LogP contribution in [0.4, 0.5) is 0 Å². The summed E-state index contributed by atoms with van der Waals surface area (Å²) in [6, 6.07) is 0. The quantitative estimate of drug-likeness (QED) is 0.0549. The van der Waals surface area contributed by atoms with Gasteiger partial charge in [0.25, 0.3) is 0 Å². The molecule has 0 fully saturated rings. The van der Waals surface area contributed by atoms with Crippen LogP contribution in [0.5, 0.6) is 0 Å². The molecule has 4 rings (SSSR count). The Morgan fingerprint density at radius 2 is 0.397 bits per heavy atom. The fourth-order valence-electron chi connectivity index (χ4n) is 6.71. The zero-order valence-electron chi connectivity index (χ0n) is 36.5. The molecule has 0 spiro atoms. The molecule has 4 aliphatic heterocycles. The van der Waals surface area contributed by atoms with Crippen LogP contribution in [0.3, 0.4) is 0 Å². The van der Waals surface area contributed by atoms with Gasteiger partial charge in [-0.05, 0) is 48.7 Å². The Kier molecular flexibility index (Phi) is 32.4. The fourth-order valence-corrected chi connectivity index (χ4v) is 25.6. The number of hydrogen-bond donors (Lipinski definition) is 0. The zero-order valence-corrected chi connectivity index (χ0v) is 46.3. The Balaban J connectivity index is 1.27. The Hall–Kier alpha value is 2.90. The van der Waals surface area contributed by atoms with E-state index in [-0.39, 0.29) is 0 Å². The molecule has 12 heteroatoms. The Labute approximate surface area is 409 Å². The Morgan fingerprint density at radius 3 is 0.603 bits per heavy atom. The van der Waals surface area contributed by atoms with E-state index in [0.29, 0.717) is 0 Å². The monoisotopic (exact) mass is 1010 g/mol. The smallest absolute Gasteiger partial charge is 0.0718 e. The minimum atomic E-state index is 1.28. The van der Waals surface area contributed by atoms with E-state index in [9.17, 15) is 0 Å². The first kappa shape index (κ1) is 53.5. The molecular weight excluding hydrogens is 937 g/mol. The second-order valence-electron chi connectivity index (χ2n) is 15.6. The highest BCUT2D eigenvalue weighted by Gasteiger charge is 2.37. The molecule has 0 saturated heterocycles. The maximum absolute atomic E-state index is 2.32. The van der Waals surface area contributed by atoms with Crippen molar-refractivity contribution < 1.29 is 0 Å². The van der Waals surface area contributed by atoms with Crippen molar-refractivity contribution in [1.29, 1.82) is 0 Å². The van der Waals surface area contributed by atoms with Crippen molar-refractivity contribution in [2.24, 2.45) is 0 Å². The third kappa shape index (κ3) is 21.9. The van der Waals surface area contributed by atoms with Crippen LogP contribution in [0.2, 0.25) is 0 Å². The molecule has 332 valence electrons. The molecule has 58 heavy (non-hydrogen) atoms. The first-order chi connectivity index (χ1) is 28.7. The summed E-state index contributed by atoms with van der Waals surface area (Å²) >= 11 is 25.4. The van der Waals surface area contributed by atoms with Gasteiger partial charge in [0.15, 0.2) is 0 Å². The van der Waals surface area contributed by atoms with Gasteiger partial charge >= 0.3 is 0 Å². The highest BCUT2D eigenvalue weighted by Crippen LogP contribution is 2.73. The van der Waals surface area contributed by atoms with E-state index in [1.165, 1.54) is 203 Å². The van der Waals surface area contributed by atoms with Crippen LogP contribution in [0.1, 0.15) is 207 Å². The van der Waals surface area contributed by atoms with E-state index < -0.39 is 0 Å². The maximum Gasteiger partial charge on any atom is 0.0718 e. The lowest BCUT2D eigenvalue weighted by molar-refractivity contribution is 0.603. The summed E-state index contributed by atoms with van der Waals surface area (Å²) in [6.07, 6.45) is 39.1. The number of unbranched alkanes of at least 4 members (excludes halogenated alkanes) is 24. The lowest BCUT2D eigenvalue weighted by atomic mass is 10.1. The highest BCUT2D eigenvalue weighted by molar-refractivity contribution is 8.51. The van der Waals surface area contributed by atoms with Gasteiger partial charge in [0.2, 0.25) is 0 Å². The van der Waals surface area contributed by atoms with Gasteiger partial charge in [-0.15, -0.1) is 47.0 Å². The highest BCUT2D eigenvalue weighted by atomic mass is 32.3. The molecule has 4 aliphatic rings. The summed E-state index contributed by atoms with van der Waals surface area (Å²) in [5.41, 5.74) is 0. The number of thioether (sulfide) groups is 12. The molecule has 0 atom stereocenters. The van der Waals surface area contributed by atoms with Gasteiger partial charge in [0, 0.05) is 0 Å². The van der Waals surface area contributed by atoms with Crippen LogP contribution >= 0.6 is 141 Å². The molecule has 0 amide bonds. The average molecular weight is 1010 g/mol. The lowest BCUT2D eigenvalue weighted by Crippen LogP contribution is -1.85. The summed E-state index contributed by atoms with van der Waals surface area (Å²) in [5, 5.41) is 0. The van der Waals surface area contributed by atoms with Gasteiger partial charge in [-0.3, -0.25) is 0 Å². The van der Waals surface area contributed by atoms with Crippen LogP contribution < -0.4 is 0 Å². The zero-order chi connectivity index (χ0) is 40.9. The first-order valence-corrected chi connectivity index (χ1v) is 33.8. The third-order valence-electron chi connectivity index (χ3n) is 10.2. The summed E-state index contributed by atoms with van der Waals surface area (Å²) in [4.78, 5) is 0. The molecule has 0 nitrogen and oxygen atoms in total. The van der Waals surface area contributed by atoms with E-state index in [1.54, 1.807) is 42.4 Å². The predicted octanol–water partition coefficient (Wildman–Crippen LogP) is 22.5. The summed E-state index contributed by atoms with van der Waals surface area (Å²) in [7, 11) is 0. The van der Waals surface area contributed by atoms with Crippen molar-refractivity contribution in [3.63, 3.8) is 0 Å². The molecule has 0 bridgehead atoms. The molecule has 0 unspecified atom stereocenters. The van der Waals surface area contributed by atoms with Crippen molar-refractivity contribution in [3.05, 3.63) is 42.4 Å². The second-order valence-corrected chi connectivity index (χ2v) is 30.7. The van der Waals surface area contributed by atoms with E-state index in [4.69, 9.17) is 0 Å². The summed E-state index contributed by atoms with van der Waals surface area (Å²) in [6.45, 7) is 9.28. The van der Waals surface area contributed by atoms with Gasteiger partial charge < -0.3 is 0 Å². The lowest BCUT2D eigenvalue weighted by Gasteiger charge is -2.07. The van der Waals surface area contributed by atoms with Crippen molar-refractivity contribution >= 4 is 141 Å². The van der Waals surface area contributed by atoms with Crippen molar-refractivity contribution in [2.75, 3.05) is 23.0 Å². The molecule has 4 heterocycles. The van der Waals surface area contributed by atoms with Gasteiger partial charge in [-0.25, -0.2) is 0 Å².